The van der Waals surface area contributed by atoms with Crippen LogP contribution in [-0.2, 0) is 0 Å². The first-order chi connectivity index (χ1) is 7.29. The molecule has 1 aliphatic rings. The summed E-state index contributed by atoms with van der Waals surface area (Å²) in [6.45, 7) is 2.08. The van der Waals surface area contributed by atoms with Crippen LogP contribution in [0.3, 0.4) is 0 Å². The molecule has 1 aromatic rings. The summed E-state index contributed by atoms with van der Waals surface area (Å²) in [5.74, 6) is 1.20. The van der Waals surface area contributed by atoms with Crippen molar-refractivity contribution in [3.8, 4) is 0 Å². The summed E-state index contributed by atoms with van der Waals surface area (Å²) in [6.07, 6.45) is 2.18. The van der Waals surface area contributed by atoms with Gasteiger partial charge in [0.1, 0.15) is 0 Å². The molecule has 1 atom stereocenters. The van der Waals surface area contributed by atoms with E-state index in [0.717, 1.165) is 31.7 Å². The molecular weight excluding hydrogens is 214 g/mol. The molecule has 1 unspecified atom stereocenters. The van der Waals surface area contributed by atoms with E-state index in [1.807, 2.05) is 6.07 Å². The summed E-state index contributed by atoms with van der Waals surface area (Å²) < 4.78 is 0. The van der Waals surface area contributed by atoms with Crippen LogP contribution in [0, 0.1) is 5.92 Å². The summed E-state index contributed by atoms with van der Waals surface area (Å²) in [5.41, 5.74) is 0. The number of halogens is 1. The summed E-state index contributed by atoms with van der Waals surface area (Å²) in [7, 11) is 0. The third kappa shape index (κ3) is 2.58. The molecule has 0 bridgehead atoms. The van der Waals surface area contributed by atoms with Gasteiger partial charge in [0.05, 0.1) is 0 Å². The van der Waals surface area contributed by atoms with Gasteiger partial charge in [0.25, 0.3) is 0 Å². The first kappa shape index (κ1) is 10.6. The average molecular weight is 228 g/mol. The highest BCUT2D eigenvalue weighted by atomic mass is 35.5. The van der Waals surface area contributed by atoms with Crippen molar-refractivity contribution in [2.45, 2.75) is 12.8 Å². The van der Waals surface area contributed by atoms with Crippen LogP contribution in [0.5, 0.6) is 0 Å². The predicted octanol–water partition coefficient (Wildman–Crippen LogP) is 1.34. The van der Waals surface area contributed by atoms with Crippen LogP contribution in [0.15, 0.2) is 12.1 Å². The van der Waals surface area contributed by atoms with Gasteiger partial charge in [-0.15, -0.1) is 10.2 Å². The largest absolute Gasteiger partial charge is 0.396 e. The van der Waals surface area contributed by atoms with E-state index >= 15 is 0 Å². The van der Waals surface area contributed by atoms with Crippen LogP contribution < -0.4 is 4.90 Å². The van der Waals surface area contributed by atoms with Crippen molar-refractivity contribution in [3.05, 3.63) is 17.3 Å². The first-order valence-electron chi connectivity index (χ1n) is 5.14. The molecule has 15 heavy (non-hydrogen) atoms. The van der Waals surface area contributed by atoms with Crippen LogP contribution in [-0.4, -0.2) is 35.0 Å². The van der Waals surface area contributed by atoms with Gasteiger partial charge in [0.2, 0.25) is 0 Å². The number of aliphatic hydroxyl groups is 1. The molecule has 1 fully saturated rings. The minimum absolute atomic E-state index is 0.248. The van der Waals surface area contributed by atoms with Crippen LogP contribution in [0.1, 0.15) is 12.8 Å². The van der Waals surface area contributed by atoms with Gasteiger partial charge in [-0.25, -0.2) is 0 Å². The van der Waals surface area contributed by atoms with Crippen molar-refractivity contribution < 1.29 is 5.11 Å². The maximum absolute atomic E-state index is 9.12. The fraction of sp³-hybridized carbons (Fsp3) is 0.600. The minimum Gasteiger partial charge on any atom is -0.396 e. The lowest BCUT2D eigenvalue weighted by molar-refractivity contribution is 0.208. The van der Waals surface area contributed by atoms with E-state index in [2.05, 4.69) is 15.1 Å². The van der Waals surface area contributed by atoms with E-state index in [0.29, 0.717) is 11.1 Å². The Kier molecular flexibility index (Phi) is 3.38. The minimum atomic E-state index is 0.248. The first-order valence-corrected chi connectivity index (χ1v) is 5.52. The number of aliphatic hydroxyl groups excluding tert-OH is 1. The van der Waals surface area contributed by atoms with Crippen molar-refractivity contribution in [2.24, 2.45) is 5.92 Å². The molecule has 1 aromatic heterocycles. The maximum atomic E-state index is 9.12. The van der Waals surface area contributed by atoms with Crippen LogP contribution in [0.4, 0.5) is 5.82 Å². The van der Waals surface area contributed by atoms with E-state index in [4.69, 9.17) is 16.7 Å². The predicted molar refractivity (Wildman–Crippen MR) is 59.1 cm³/mol. The van der Waals surface area contributed by atoms with E-state index in [1.54, 1.807) is 6.07 Å². The molecule has 1 saturated heterocycles. The maximum Gasteiger partial charge on any atom is 0.151 e. The van der Waals surface area contributed by atoms with Crippen LogP contribution in [0.2, 0.25) is 5.15 Å². The molecule has 0 aliphatic carbocycles. The molecule has 4 nitrogen and oxygen atoms in total. The summed E-state index contributed by atoms with van der Waals surface area (Å²) in [5, 5.41) is 17.4. The normalized spacial score (nSPS) is 21.7. The average Bonchev–Trinajstić information content (AvgIpc) is 2.30. The Hall–Kier alpha value is -0.870. The lowest BCUT2D eigenvalue weighted by Crippen LogP contribution is -2.37. The molecule has 82 valence electrons. The quantitative estimate of drug-likeness (QED) is 0.829. The number of aromatic nitrogens is 2. The van der Waals surface area contributed by atoms with E-state index in [1.165, 1.54) is 0 Å². The Balaban J connectivity index is 2.06. The third-order valence-electron chi connectivity index (χ3n) is 2.72. The number of piperidine rings is 1. The molecule has 5 heteroatoms. The lowest BCUT2D eigenvalue weighted by atomic mass is 9.99. The Morgan fingerprint density at radius 3 is 3.00 bits per heavy atom. The van der Waals surface area contributed by atoms with E-state index in [-0.39, 0.29) is 6.61 Å². The Morgan fingerprint density at radius 2 is 2.33 bits per heavy atom. The van der Waals surface area contributed by atoms with Gasteiger partial charge in [-0.3, -0.25) is 0 Å². The molecule has 1 aliphatic heterocycles. The molecule has 0 amide bonds. The molecule has 0 spiro atoms. The van der Waals surface area contributed by atoms with Gasteiger partial charge in [-0.2, -0.15) is 0 Å². The SMILES string of the molecule is OCC1CCCN(c2ccc(Cl)nn2)C1. The molecule has 0 radical (unpaired) electrons. The second-order valence-corrected chi connectivity index (χ2v) is 4.24. The molecular formula is C10H14ClN3O. The molecule has 0 saturated carbocycles. The van der Waals surface area contributed by atoms with Crippen molar-refractivity contribution in [1.82, 2.24) is 10.2 Å². The lowest BCUT2D eigenvalue weighted by Gasteiger charge is -2.32. The number of anilines is 1. The molecule has 1 N–H and O–H groups in total. The van der Waals surface area contributed by atoms with Crippen LogP contribution >= 0.6 is 11.6 Å². The van der Waals surface area contributed by atoms with E-state index in [9.17, 15) is 0 Å². The molecule has 2 heterocycles. The second kappa shape index (κ2) is 4.77. The Labute approximate surface area is 93.9 Å². The summed E-state index contributed by atoms with van der Waals surface area (Å²) in [4.78, 5) is 2.15. The van der Waals surface area contributed by atoms with Gasteiger partial charge in [-0.05, 0) is 30.9 Å². The van der Waals surface area contributed by atoms with Crippen LogP contribution in [0.25, 0.3) is 0 Å². The van der Waals surface area contributed by atoms with Crippen molar-refractivity contribution in [2.75, 3.05) is 24.6 Å². The molecule has 0 aromatic carbocycles. The fourth-order valence-electron chi connectivity index (χ4n) is 1.90. The Bertz CT molecular complexity index is 317. The monoisotopic (exact) mass is 227 g/mol. The van der Waals surface area contributed by atoms with Crippen molar-refractivity contribution in [1.29, 1.82) is 0 Å². The van der Waals surface area contributed by atoms with Gasteiger partial charge in [0.15, 0.2) is 11.0 Å². The van der Waals surface area contributed by atoms with E-state index < -0.39 is 0 Å². The zero-order valence-electron chi connectivity index (χ0n) is 8.43. The summed E-state index contributed by atoms with van der Waals surface area (Å²) in [6, 6.07) is 3.61. The van der Waals surface area contributed by atoms with Gasteiger partial charge in [-0.1, -0.05) is 11.6 Å². The third-order valence-corrected chi connectivity index (χ3v) is 2.92. The zero-order chi connectivity index (χ0) is 10.7. The number of hydrogen-bond acceptors (Lipinski definition) is 4. The topological polar surface area (TPSA) is 49.2 Å². The highest BCUT2D eigenvalue weighted by Gasteiger charge is 2.20. The van der Waals surface area contributed by atoms with Crippen molar-refractivity contribution in [3.63, 3.8) is 0 Å². The molecule has 2 rings (SSSR count). The van der Waals surface area contributed by atoms with Crippen molar-refractivity contribution >= 4 is 17.4 Å². The smallest absolute Gasteiger partial charge is 0.151 e. The fourth-order valence-corrected chi connectivity index (χ4v) is 2.00. The Morgan fingerprint density at radius 1 is 1.47 bits per heavy atom. The second-order valence-electron chi connectivity index (χ2n) is 3.85. The number of hydrogen-bond donors (Lipinski definition) is 1. The summed E-state index contributed by atoms with van der Waals surface area (Å²) >= 11 is 5.67. The van der Waals surface area contributed by atoms with Gasteiger partial charge < -0.3 is 10.0 Å². The zero-order valence-corrected chi connectivity index (χ0v) is 9.19. The number of nitrogens with zero attached hydrogens (tertiary/aromatic N) is 3. The highest BCUT2D eigenvalue weighted by Crippen LogP contribution is 2.21. The number of rotatable bonds is 2. The van der Waals surface area contributed by atoms with Gasteiger partial charge >= 0.3 is 0 Å². The highest BCUT2D eigenvalue weighted by molar-refractivity contribution is 6.29. The standard InChI is InChI=1S/C10H14ClN3O/c11-9-3-4-10(13-12-9)14-5-1-2-8(6-14)7-15/h3-4,8,15H,1-2,5-7H2. The van der Waals surface area contributed by atoms with Gasteiger partial charge in [0, 0.05) is 19.7 Å².